The number of nitrogens with zero attached hydrogens (tertiary/aromatic N) is 3. The Kier molecular flexibility index (Phi) is 6.28. The van der Waals surface area contributed by atoms with Gasteiger partial charge in [0, 0.05) is 18.7 Å². The molecule has 2 heterocycles. The van der Waals surface area contributed by atoms with E-state index in [0.717, 1.165) is 24.9 Å². The number of piperidine rings is 1. The van der Waals surface area contributed by atoms with Crippen molar-refractivity contribution in [1.82, 2.24) is 20.4 Å². The maximum atomic E-state index is 12.1. The molecule has 1 N–H and O–H groups in total. The molecule has 1 saturated heterocycles. The standard InChI is InChI=1S/C19H26N4O4/c1-4-20-19(24)14-6-5-9-23(11-14)12-17-21-18(22-27-17)13-7-8-15(25-2)16(10-13)26-3/h7-8,10,14H,4-6,9,11-12H2,1-3H3,(H,20,24)/t14-/m1/s1. The van der Waals surface area contributed by atoms with E-state index in [2.05, 4.69) is 20.4 Å². The fourth-order valence-electron chi connectivity index (χ4n) is 3.33. The second-order valence-electron chi connectivity index (χ2n) is 6.55. The predicted molar refractivity (Wildman–Crippen MR) is 99.5 cm³/mol. The largest absolute Gasteiger partial charge is 0.493 e. The number of nitrogens with one attached hydrogen (secondary N) is 1. The van der Waals surface area contributed by atoms with E-state index in [-0.39, 0.29) is 11.8 Å². The van der Waals surface area contributed by atoms with Crippen LogP contribution in [0.15, 0.2) is 22.7 Å². The molecule has 8 heteroatoms. The lowest BCUT2D eigenvalue weighted by atomic mass is 9.97. The summed E-state index contributed by atoms with van der Waals surface area (Å²) < 4.78 is 16.0. The number of carbonyl (C=O) groups excluding carboxylic acids is 1. The Hall–Kier alpha value is -2.61. The minimum Gasteiger partial charge on any atom is -0.493 e. The highest BCUT2D eigenvalue weighted by molar-refractivity contribution is 5.78. The lowest BCUT2D eigenvalue weighted by Gasteiger charge is -2.30. The number of benzene rings is 1. The van der Waals surface area contributed by atoms with Crippen LogP contribution in [-0.4, -0.2) is 54.8 Å². The molecule has 0 spiro atoms. The van der Waals surface area contributed by atoms with E-state index in [1.165, 1.54) is 0 Å². The quantitative estimate of drug-likeness (QED) is 0.794. The van der Waals surface area contributed by atoms with Gasteiger partial charge < -0.3 is 19.3 Å². The molecule has 8 nitrogen and oxygen atoms in total. The molecule has 27 heavy (non-hydrogen) atoms. The van der Waals surface area contributed by atoms with Crippen molar-refractivity contribution in [3.8, 4) is 22.9 Å². The highest BCUT2D eigenvalue weighted by atomic mass is 16.5. The van der Waals surface area contributed by atoms with E-state index in [4.69, 9.17) is 14.0 Å². The summed E-state index contributed by atoms with van der Waals surface area (Å²) >= 11 is 0. The SMILES string of the molecule is CCNC(=O)[C@@H]1CCCN(Cc2nc(-c3ccc(OC)c(OC)c3)no2)C1. The molecular formula is C19H26N4O4. The number of methoxy groups -OCH3 is 2. The lowest BCUT2D eigenvalue weighted by molar-refractivity contribution is -0.126. The van der Waals surface area contributed by atoms with Gasteiger partial charge in [0.1, 0.15) is 0 Å². The second-order valence-corrected chi connectivity index (χ2v) is 6.55. The van der Waals surface area contributed by atoms with Gasteiger partial charge in [-0.25, -0.2) is 0 Å². The van der Waals surface area contributed by atoms with Crippen molar-refractivity contribution in [2.75, 3.05) is 33.9 Å². The van der Waals surface area contributed by atoms with E-state index in [0.29, 0.717) is 42.8 Å². The molecule has 1 aromatic heterocycles. The van der Waals surface area contributed by atoms with Crippen molar-refractivity contribution in [3.05, 3.63) is 24.1 Å². The normalized spacial score (nSPS) is 17.5. The van der Waals surface area contributed by atoms with Gasteiger partial charge >= 0.3 is 0 Å². The van der Waals surface area contributed by atoms with Crippen molar-refractivity contribution in [3.63, 3.8) is 0 Å². The molecule has 2 aromatic rings. The minimum absolute atomic E-state index is 0.0203. The minimum atomic E-state index is 0.0203. The predicted octanol–water partition coefficient (Wildman–Crippen LogP) is 2.10. The number of aromatic nitrogens is 2. The molecule has 1 amide bonds. The van der Waals surface area contributed by atoms with Crippen molar-refractivity contribution in [1.29, 1.82) is 0 Å². The maximum Gasteiger partial charge on any atom is 0.241 e. The fraction of sp³-hybridized carbons (Fsp3) is 0.526. The van der Waals surface area contributed by atoms with Gasteiger partial charge in [0.15, 0.2) is 11.5 Å². The maximum absolute atomic E-state index is 12.1. The van der Waals surface area contributed by atoms with Crippen LogP contribution < -0.4 is 14.8 Å². The first-order valence-electron chi connectivity index (χ1n) is 9.19. The number of rotatable bonds is 7. The topological polar surface area (TPSA) is 89.7 Å². The summed E-state index contributed by atoms with van der Waals surface area (Å²) in [6.45, 7) is 4.76. The number of carbonyl (C=O) groups is 1. The Morgan fingerprint density at radius 1 is 1.33 bits per heavy atom. The third-order valence-electron chi connectivity index (χ3n) is 4.70. The van der Waals surface area contributed by atoms with Gasteiger partial charge in [-0.15, -0.1) is 0 Å². The monoisotopic (exact) mass is 374 g/mol. The van der Waals surface area contributed by atoms with Crippen LogP contribution >= 0.6 is 0 Å². The first-order chi connectivity index (χ1) is 13.1. The summed E-state index contributed by atoms with van der Waals surface area (Å²) in [6.07, 6.45) is 1.90. The number of amides is 1. The Morgan fingerprint density at radius 3 is 2.89 bits per heavy atom. The van der Waals surface area contributed by atoms with Gasteiger partial charge in [-0.2, -0.15) is 4.98 Å². The van der Waals surface area contributed by atoms with Crippen LogP contribution in [0.4, 0.5) is 0 Å². The van der Waals surface area contributed by atoms with Crippen LogP contribution in [0, 0.1) is 5.92 Å². The molecule has 0 radical (unpaired) electrons. The summed E-state index contributed by atoms with van der Waals surface area (Å²) in [6, 6.07) is 5.49. The lowest BCUT2D eigenvalue weighted by Crippen LogP contribution is -2.42. The molecule has 1 aromatic carbocycles. The molecule has 146 valence electrons. The molecule has 1 atom stereocenters. The van der Waals surface area contributed by atoms with Crippen LogP contribution in [0.3, 0.4) is 0 Å². The summed E-state index contributed by atoms with van der Waals surface area (Å²) in [5.41, 5.74) is 0.793. The third kappa shape index (κ3) is 4.57. The Balaban J connectivity index is 1.66. The molecule has 1 aliphatic heterocycles. The van der Waals surface area contributed by atoms with Crippen molar-refractivity contribution in [2.45, 2.75) is 26.3 Å². The Morgan fingerprint density at radius 2 is 2.15 bits per heavy atom. The van der Waals surface area contributed by atoms with Crippen molar-refractivity contribution in [2.24, 2.45) is 5.92 Å². The molecule has 1 fully saturated rings. The average molecular weight is 374 g/mol. The number of hydrogen-bond acceptors (Lipinski definition) is 7. The van der Waals surface area contributed by atoms with Gasteiger partial charge in [-0.05, 0) is 44.5 Å². The molecule has 1 aliphatic rings. The average Bonchev–Trinajstić information content (AvgIpc) is 3.16. The summed E-state index contributed by atoms with van der Waals surface area (Å²) in [5, 5.41) is 6.98. The zero-order chi connectivity index (χ0) is 19.2. The Bertz CT molecular complexity index is 777. The van der Waals surface area contributed by atoms with Gasteiger partial charge in [0.2, 0.25) is 17.6 Å². The van der Waals surface area contributed by atoms with E-state index in [1.54, 1.807) is 14.2 Å². The van der Waals surface area contributed by atoms with Gasteiger partial charge in [0.05, 0.1) is 26.7 Å². The van der Waals surface area contributed by atoms with Crippen LogP contribution in [0.5, 0.6) is 11.5 Å². The molecule has 3 rings (SSSR count). The van der Waals surface area contributed by atoms with Gasteiger partial charge in [-0.1, -0.05) is 5.16 Å². The number of hydrogen-bond donors (Lipinski definition) is 1. The number of ether oxygens (including phenoxy) is 2. The molecule has 0 aliphatic carbocycles. The van der Waals surface area contributed by atoms with Crippen molar-refractivity contribution >= 4 is 5.91 Å². The molecule has 0 saturated carbocycles. The second kappa shape index (κ2) is 8.85. The van der Waals surface area contributed by atoms with E-state index >= 15 is 0 Å². The fourth-order valence-corrected chi connectivity index (χ4v) is 3.33. The number of likely N-dealkylation sites (tertiary alicyclic amines) is 1. The zero-order valence-corrected chi connectivity index (χ0v) is 16.0. The first kappa shape index (κ1) is 19.2. The highest BCUT2D eigenvalue weighted by Crippen LogP contribution is 2.31. The van der Waals surface area contributed by atoms with Gasteiger partial charge in [-0.3, -0.25) is 9.69 Å². The van der Waals surface area contributed by atoms with E-state index < -0.39 is 0 Å². The van der Waals surface area contributed by atoms with Crippen LogP contribution in [0.25, 0.3) is 11.4 Å². The highest BCUT2D eigenvalue weighted by Gasteiger charge is 2.26. The van der Waals surface area contributed by atoms with E-state index in [1.807, 2.05) is 25.1 Å². The van der Waals surface area contributed by atoms with Crippen LogP contribution in [0.2, 0.25) is 0 Å². The van der Waals surface area contributed by atoms with Gasteiger partial charge in [0.25, 0.3) is 0 Å². The van der Waals surface area contributed by atoms with E-state index in [9.17, 15) is 4.79 Å². The smallest absolute Gasteiger partial charge is 0.241 e. The zero-order valence-electron chi connectivity index (χ0n) is 16.0. The van der Waals surface area contributed by atoms with Crippen molar-refractivity contribution < 1.29 is 18.8 Å². The summed E-state index contributed by atoms with van der Waals surface area (Å²) in [4.78, 5) is 18.8. The molecule has 0 bridgehead atoms. The third-order valence-corrected chi connectivity index (χ3v) is 4.70. The van der Waals surface area contributed by atoms with Crippen LogP contribution in [0.1, 0.15) is 25.7 Å². The Labute approximate surface area is 158 Å². The first-order valence-corrected chi connectivity index (χ1v) is 9.19. The van der Waals surface area contributed by atoms with Crippen LogP contribution in [-0.2, 0) is 11.3 Å². The summed E-state index contributed by atoms with van der Waals surface area (Å²) in [5.74, 6) is 2.45. The molecule has 0 unspecified atom stereocenters. The molecular weight excluding hydrogens is 348 g/mol. The summed E-state index contributed by atoms with van der Waals surface area (Å²) in [7, 11) is 3.18.